The third-order valence-corrected chi connectivity index (χ3v) is 4.70. The summed E-state index contributed by atoms with van der Waals surface area (Å²) in [4.78, 5) is 23.5. The lowest BCUT2D eigenvalue weighted by Gasteiger charge is -2.15. The van der Waals surface area contributed by atoms with Crippen molar-refractivity contribution < 1.29 is 24.2 Å². The van der Waals surface area contributed by atoms with Crippen molar-refractivity contribution in [3.63, 3.8) is 0 Å². The minimum Gasteiger partial charge on any atom is -0.489 e. The molecular formula is C25H25NO5. The fourth-order valence-corrected chi connectivity index (χ4v) is 2.96. The van der Waals surface area contributed by atoms with Gasteiger partial charge in [-0.25, -0.2) is 9.59 Å². The van der Waals surface area contributed by atoms with Crippen molar-refractivity contribution in [3.8, 4) is 5.75 Å². The minimum atomic E-state index is -1.09. The van der Waals surface area contributed by atoms with E-state index in [0.717, 1.165) is 22.4 Å². The second-order valence-corrected chi connectivity index (χ2v) is 7.05. The molecule has 0 aromatic heterocycles. The van der Waals surface area contributed by atoms with Gasteiger partial charge in [0.05, 0.1) is 0 Å². The highest BCUT2D eigenvalue weighted by Gasteiger charge is 2.20. The first kappa shape index (κ1) is 21.9. The van der Waals surface area contributed by atoms with Crippen LogP contribution < -0.4 is 10.1 Å². The van der Waals surface area contributed by atoms with Gasteiger partial charge in [-0.1, -0.05) is 72.8 Å². The Labute approximate surface area is 181 Å². The molecule has 3 rings (SSSR count). The molecule has 0 saturated carbocycles. The van der Waals surface area contributed by atoms with E-state index in [-0.39, 0.29) is 13.0 Å². The van der Waals surface area contributed by atoms with Crippen LogP contribution in [0.3, 0.4) is 0 Å². The van der Waals surface area contributed by atoms with Crippen molar-refractivity contribution in [2.75, 3.05) is 0 Å². The smallest absolute Gasteiger partial charge is 0.408 e. The maximum Gasteiger partial charge on any atom is 0.408 e. The zero-order valence-electron chi connectivity index (χ0n) is 17.1. The largest absolute Gasteiger partial charge is 0.489 e. The van der Waals surface area contributed by atoms with Crippen LogP contribution in [-0.4, -0.2) is 23.2 Å². The summed E-state index contributed by atoms with van der Waals surface area (Å²) in [5.41, 5.74) is 2.80. The highest BCUT2D eigenvalue weighted by molar-refractivity contribution is 5.79. The van der Waals surface area contributed by atoms with Gasteiger partial charge in [0.2, 0.25) is 0 Å². The first-order valence-corrected chi connectivity index (χ1v) is 10.1. The SMILES string of the molecule is O=C(N[C@H](CCc1ccccc1)C(=O)O)OCc1ccc(COc2ccccc2)cc1. The summed E-state index contributed by atoms with van der Waals surface area (Å²) in [7, 11) is 0. The van der Waals surface area contributed by atoms with Crippen LogP contribution in [0.4, 0.5) is 4.79 Å². The van der Waals surface area contributed by atoms with Gasteiger partial charge in [-0.3, -0.25) is 0 Å². The van der Waals surface area contributed by atoms with E-state index in [0.29, 0.717) is 13.0 Å². The maximum absolute atomic E-state index is 12.1. The van der Waals surface area contributed by atoms with E-state index in [4.69, 9.17) is 9.47 Å². The molecule has 6 heteroatoms. The van der Waals surface area contributed by atoms with Gasteiger partial charge in [-0.2, -0.15) is 0 Å². The number of benzene rings is 3. The molecule has 0 bridgehead atoms. The van der Waals surface area contributed by atoms with E-state index >= 15 is 0 Å². The Morgan fingerprint density at radius 2 is 1.35 bits per heavy atom. The monoisotopic (exact) mass is 419 g/mol. The third kappa shape index (κ3) is 7.51. The van der Waals surface area contributed by atoms with Gasteiger partial charge >= 0.3 is 12.1 Å². The van der Waals surface area contributed by atoms with Crippen LogP contribution in [0.15, 0.2) is 84.9 Å². The van der Waals surface area contributed by atoms with Gasteiger partial charge in [0, 0.05) is 0 Å². The predicted octanol–water partition coefficient (Wildman–Crippen LogP) is 4.58. The topological polar surface area (TPSA) is 84.9 Å². The summed E-state index contributed by atoms with van der Waals surface area (Å²) >= 11 is 0. The summed E-state index contributed by atoms with van der Waals surface area (Å²) in [6.07, 6.45) is 0.0757. The molecule has 31 heavy (non-hydrogen) atoms. The van der Waals surface area contributed by atoms with Gasteiger partial charge in [-0.05, 0) is 41.7 Å². The van der Waals surface area contributed by atoms with Gasteiger partial charge in [0.15, 0.2) is 0 Å². The molecule has 3 aromatic rings. The van der Waals surface area contributed by atoms with E-state index in [9.17, 15) is 14.7 Å². The number of carboxylic acids is 1. The number of aliphatic carboxylic acids is 1. The summed E-state index contributed by atoms with van der Waals surface area (Å²) in [6, 6.07) is 25.6. The molecule has 160 valence electrons. The van der Waals surface area contributed by atoms with E-state index in [1.807, 2.05) is 84.9 Å². The molecule has 6 nitrogen and oxygen atoms in total. The van der Waals surface area contributed by atoms with Crippen LogP contribution >= 0.6 is 0 Å². The van der Waals surface area contributed by atoms with Gasteiger partial charge in [-0.15, -0.1) is 0 Å². The fourth-order valence-electron chi connectivity index (χ4n) is 2.96. The summed E-state index contributed by atoms with van der Waals surface area (Å²) < 4.78 is 10.9. The number of nitrogens with one attached hydrogen (secondary N) is 1. The second-order valence-electron chi connectivity index (χ2n) is 7.05. The molecule has 1 amide bonds. The normalized spacial score (nSPS) is 11.4. The summed E-state index contributed by atoms with van der Waals surface area (Å²) in [5, 5.41) is 11.8. The average Bonchev–Trinajstić information content (AvgIpc) is 2.81. The van der Waals surface area contributed by atoms with E-state index < -0.39 is 18.1 Å². The Bertz CT molecular complexity index is 958. The summed E-state index contributed by atoms with van der Waals surface area (Å²) in [5.74, 6) is -0.289. The van der Waals surface area contributed by atoms with Crippen molar-refractivity contribution in [3.05, 3.63) is 102 Å². The molecule has 2 N–H and O–H groups in total. The zero-order chi connectivity index (χ0) is 21.9. The van der Waals surface area contributed by atoms with E-state index in [2.05, 4.69) is 5.32 Å². The quantitative estimate of drug-likeness (QED) is 0.503. The molecule has 0 unspecified atom stereocenters. The molecule has 0 radical (unpaired) electrons. The number of rotatable bonds is 10. The number of carboxylic acid groups (broad SMARTS) is 1. The molecule has 0 aliphatic heterocycles. The minimum absolute atomic E-state index is 0.0523. The van der Waals surface area contributed by atoms with Gasteiger partial charge < -0.3 is 19.9 Å². The first-order valence-electron chi connectivity index (χ1n) is 10.1. The Kier molecular flexibility index (Phi) is 8.05. The second kappa shape index (κ2) is 11.4. The van der Waals surface area contributed by atoms with Crippen LogP contribution in [0.1, 0.15) is 23.1 Å². The van der Waals surface area contributed by atoms with Crippen LogP contribution in [0, 0.1) is 0 Å². The summed E-state index contributed by atoms with van der Waals surface area (Å²) in [6.45, 7) is 0.490. The van der Waals surface area contributed by atoms with Crippen LogP contribution in [0.25, 0.3) is 0 Å². The number of hydrogen-bond donors (Lipinski definition) is 2. The van der Waals surface area contributed by atoms with Crippen molar-refractivity contribution in [2.45, 2.75) is 32.1 Å². The highest BCUT2D eigenvalue weighted by Crippen LogP contribution is 2.13. The Balaban J connectivity index is 1.42. The number of para-hydroxylation sites is 1. The van der Waals surface area contributed by atoms with Crippen LogP contribution in [-0.2, 0) is 29.2 Å². The molecule has 0 aliphatic carbocycles. The number of carbonyl (C=O) groups excluding carboxylic acids is 1. The zero-order valence-corrected chi connectivity index (χ0v) is 17.1. The van der Waals surface area contributed by atoms with E-state index in [1.165, 1.54) is 0 Å². The van der Waals surface area contributed by atoms with Gasteiger partial charge in [0.1, 0.15) is 25.0 Å². The Hall–Kier alpha value is -3.80. The fraction of sp³-hybridized carbons (Fsp3) is 0.200. The number of carbonyl (C=O) groups is 2. The maximum atomic E-state index is 12.1. The molecule has 0 heterocycles. The Morgan fingerprint density at radius 3 is 1.97 bits per heavy atom. The predicted molar refractivity (Wildman–Crippen MR) is 117 cm³/mol. The molecule has 0 saturated heterocycles. The average molecular weight is 419 g/mol. The molecular weight excluding hydrogens is 394 g/mol. The number of aryl methyl sites for hydroxylation is 1. The van der Waals surface area contributed by atoms with Crippen LogP contribution in [0.2, 0.25) is 0 Å². The van der Waals surface area contributed by atoms with Crippen molar-refractivity contribution in [1.29, 1.82) is 0 Å². The number of alkyl carbamates (subject to hydrolysis) is 1. The van der Waals surface area contributed by atoms with Crippen molar-refractivity contribution >= 4 is 12.1 Å². The highest BCUT2D eigenvalue weighted by atomic mass is 16.5. The van der Waals surface area contributed by atoms with Gasteiger partial charge in [0.25, 0.3) is 0 Å². The van der Waals surface area contributed by atoms with Crippen molar-refractivity contribution in [2.24, 2.45) is 0 Å². The molecule has 1 atom stereocenters. The standard InChI is InChI=1S/C25H25NO5/c27-24(28)23(16-15-19-7-3-1-4-8-19)26-25(29)31-18-21-13-11-20(12-14-21)17-30-22-9-5-2-6-10-22/h1-14,23H,15-18H2,(H,26,29)(H,27,28)/t23-/m1/s1. The number of ether oxygens (including phenoxy) is 2. The molecule has 0 spiro atoms. The number of hydrogen-bond acceptors (Lipinski definition) is 4. The molecule has 0 fully saturated rings. The van der Waals surface area contributed by atoms with E-state index in [1.54, 1.807) is 0 Å². The lowest BCUT2D eigenvalue weighted by Crippen LogP contribution is -2.41. The Morgan fingerprint density at radius 1 is 0.774 bits per heavy atom. The lowest BCUT2D eigenvalue weighted by atomic mass is 10.1. The first-order chi connectivity index (χ1) is 15.1. The lowest BCUT2D eigenvalue weighted by molar-refractivity contribution is -0.139. The number of amides is 1. The van der Waals surface area contributed by atoms with Crippen LogP contribution in [0.5, 0.6) is 5.75 Å². The molecule has 0 aliphatic rings. The van der Waals surface area contributed by atoms with Crippen molar-refractivity contribution in [1.82, 2.24) is 5.32 Å². The third-order valence-electron chi connectivity index (χ3n) is 4.70. The molecule has 3 aromatic carbocycles.